The van der Waals surface area contributed by atoms with Gasteiger partial charge in [0, 0.05) is 0 Å². The lowest BCUT2D eigenvalue weighted by Gasteiger charge is -2.28. The van der Waals surface area contributed by atoms with Gasteiger partial charge in [0.05, 0.1) is 14.4 Å². The van der Waals surface area contributed by atoms with Gasteiger partial charge < -0.3 is 29.1 Å². The van der Waals surface area contributed by atoms with E-state index in [4.69, 9.17) is 10.2 Å². The van der Waals surface area contributed by atoms with E-state index in [-0.39, 0.29) is 0 Å². The Labute approximate surface area is 61.5 Å². The number of phosphoric ester groups is 1. The summed E-state index contributed by atoms with van der Waals surface area (Å²) < 4.78 is 13.2. The topological polar surface area (TPSA) is 130 Å². The maximum Gasteiger partial charge on any atom is 0.334 e. The molecule has 0 fully saturated rings. The predicted molar refractivity (Wildman–Crippen MR) is 27.2 cm³/mol. The maximum absolute atomic E-state index is 9.79. The Balaban J connectivity index is 3.72. The first-order chi connectivity index (χ1) is 4.83. The molecule has 0 saturated heterocycles. The summed E-state index contributed by atoms with van der Waals surface area (Å²) in [5.74, 6) is -1.65. The highest BCUT2D eigenvalue weighted by atomic mass is 31.2. The molecule has 0 heterocycles. The smallest absolute Gasteiger partial charge is 0.334 e. The molecule has 0 aliphatic carbocycles. The molecule has 0 unspecified atom stereocenters. The molecule has 2 N–H and O–H groups in total. The summed E-state index contributed by atoms with van der Waals surface area (Å²) in [4.78, 5) is 29.2. The molecule has 0 aliphatic heterocycles. The zero-order valence-corrected chi connectivity index (χ0v) is 6.06. The number of carboxylic acid groups (broad SMARTS) is 1. The second-order valence-electron chi connectivity index (χ2n) is 1.60. The summed E-state index contributed by atoms with van der Waals surface area (Å²) in [6.45, 7) is -1.06. The minimum Gasteiger partial charge on any atom is -0.790 e. The van der Waals surface area contributed by atoms with E-state index in [0.29, 0.717) is 0 Å². The fraction of sp³-hybridized carbons (Fsp3) is 0.667. The second kappa shape index (κ2) is 3.80. The van der Waals surface area contributed by atoms with Gasteiger partial charge in [-0.2, -0.15) is 0 Å². The number of hydrogen-bond donors (Lipinski definition) is 2. The molecule has 66 valence electrons. The average molecular weight is 184 g/mol. The van der Waals surface area contributed by atoms with Crippen LogP contribution in [0.4, 0.5) is 0 Å². The summed E-state index contributed by atoms with van der Waals surface area (Å²) >= 11 is 0. The zero-order chi connectivity index (χ0) is 9.07. The number of aliphatic hydroxyl groups excluding tert-OH is 1. The van der Waals surface area contributed by atoms with Crippen molar-refractivity contribution in [1.82, 2.24) is 0 Å². The quantitative estimate of drug-likeness (QED) is 0.453. The summed E-state index contributed by atoms with van der Waals surface area (Å²) in [5.41, 5.74) is 0. The van der Waals surface area contributed by atoms with Crippen LogP contribution >= 0.6 is 7.82 Å². The minimum atomic E-state index is -5.18. The molecule has 0 aliphatic rings. The van der Waals surface area contributed by atoms with Gasteiger partial charge in [-0.3, -0.25) is 0 Å². The molecule has 0 rings (SSSR count). The van der Waals surface area contributed by atoms with Crippen LogP contribution in [0.25, 0.3) is 0 Å². The van der Waals surface area contributed by atoms with Crippen LogP contribution in [-0.2, 0) is 13.9 Å². The first-order valence-corrected chi connectivity index (χ1v) is 3.86. The summed E-state index contributed by atoms with van der Waals surface area (Å²) in [6, 6.07) is 0. The van der Waals surface area contributed by atoms with Crippen LogP contribution in [0.5, 0.6) is 0 Å². The van der Waals surface area contributed by atoms with Crippen LogP contribution in [-0.4, -0.2) is 28.9 Å². The Hall–Kier alpha value is -0.460. The summed E-state index contributed by atoms with van der Waals surface area (Å²) in [6.07, 6.45) is -1.99. The Bertz CT molecular complexity index is 182. The Morgan fingerprint density at radius 3 is 2.36 bits per heavy atom. The van der Waals surface area contributed by atoms with E-state index in [1.807, 2.05) is 0 Å². The number of carbonyl (C=O) groups is 1. The van der Waals surface area contributed by atoms with Crippen molar-refractivity contribution < 1.29 is 33.9 Å². The van der Waals surface area contributed by atoms with Crippen LogP contribution in [0, 0.1) is 0 Å². The lowest BCUT2D eigenvalue weighted by molar-refractivity contribution is -0.342. The van der Waals surface area contributed by atoms with E-state index in [0.717, 1.165) is 0 Å². The predicted octanol–water partition coefficient (Wildman–Crippen LogP) is -2.72. The van der Waals surface area contributed by atoms with E-state index in [9.17, 15) is 19.1 Å². The zero-order valence-electron chi connectivity index (χ0n) is 5.17. The largest absolute Gasteiger partial charge is 0.790 e. The first-order valence-electron chi connectivity index (χ1n) is 2.40. The molecule has 1 atom stereocenters. The van der Waals surface area contributed by atoms with Gasteiger partial charge in [-0.05, 0) is 0 Å². The average Bonchev–Trinajstić information content (AvgIpc) is 1.80. The Morgan fingerprint density at radius 1 is 1.64 bits per heavy atom. The van der Waals surface area contributed by atoms with E-state index in [2.05, 4.69) is 4.52 Å². The number of hydrogen-bond acceptors (Lipinski definition) is 6. The third kappa shape index (κ3) is 5.96. The molecular weight excluding hydrogens is 179 g/mol. The summed E-state index contributed by atoms with van der Waals surface area (Å²) in [7, 11) is -5.18. The summed E-state index contributed by atoms with van der Waals surface area (Å²) in [5, 5.41) is 16.3. The number of carboxylic acids is 1. The highest BCUT2D eigenvalue weighted by Crippen LogP contribution is 2.24. The molecule has 0 saturated carbocycles. The molecule has 0 amide bonds. The van der Waals surface area contributed by atoms with Crippen LogP contribution in [0.3, 0.4) is 0 Å². The van der Waals surface area contributed by atoms with Gasteiger partial charge in [0.15, 0.2) is 6.10 Å². The molecule has 0 spiro atoms. The van der Waals surface area contributed by atoms with Gasteiger partial charge in [0.1, 0.15) is 0 Å². The van der Waals surface area contributed by atoms with E-state index >= 15 is 0 Å². The number of rotatable bonds is 4. The number of aliphatic carboxylic acids is 1. The monoisotopic (exact) mass is 184 g/mol. The lowest BCUT2D eigenvalue weighted by Crippen LogP contribution is -2.28. The van der Waals surface area contributed by atoms with E-state index in [1.165, 1.54) is 0 Å². The Kier molecular flexibility index (Phi) is 3.64. The fourth-order valence-corrected chi connectivity index (χ4v) is 0.557. The third-order valence-corrected chi connectivity index (χ3v) is 1.14. The van der Waals surface area contributed by atoms with Crippen LogP contribution < -0.4 is 9.79 Å². The molecule has 7 nitrogen and oxygen atoms in total. The minimum absolute atomic E-state index is 1.06. The van der Waals surface area contributed by atoms with E-state index < -0.39 is 26.5 Å². The van der Waals surface area contributed by atoms with Crippen molar-refractivity contribution in [3.05, 3.63) is 0 Å². The van der Waals surface area contributed by atoms with Crippen molar-refractivity contribution in [3.8, 4) is 0 Å². The molecular formula is C3H5O7P-2. The van der Waals surface area contributed by atoms with Crippen LogP contribution in [0.2, 0.25) is 0 Å². The molecule has 0 aromatic rings. The molecule has 8 heteroatoms. The van der Waals surface area contributed by atoms with Gasteiger partial charge in [-0.1, -0.05) is 0 Å². The second-order valence-corrected chi connectivity index (χ2v) is 2.75. The highest BCUT2D eigenvalue weighted by molar-refractivity contribution is 7.43. The number of aliphatic hydroxyl groups is 1. The van der Waals surface area contributed by atoms with Crippen molar-refractivity contribution in [2.75, 3.05) is 6.61 Å². The van der Waals surface area contributed by atoms with Crippen LogP contribution in [0.1, 0.15) is 0 Å². The maximum atomic E-state index is 9.79. The van der Waals surface area contributed by atoms with Gasteiger partial charge >= 0.3 is 5.97 Å². The van der Waals surface area contributed by atoms with Crippen molar-refractivity contribution in [3.63, 3.8) is 0 Å². The van der Waals surface area contributed by atoms with Gasteiger partial charge in [-0.25, -0.2) is 4.79 Å². The van der Waals surface area contributed by atoms with Crippen molar-refractivity contribution >= 4 is 13.8 Å². The standard InChI is InChI=1S/C3H7O7P/c4-2(3(5)6)1-10-11(7,8)9/h2,4H,1H2,(H,5,6)(H2,7,8,9)/p-2/t2-/m1/s1. The van der Waals surface area contributed by atoms with Crippen molar-refractivity contribution in [2.45, 2.75) is 6.10 Å². The lowest BCUT2D eigenvalue weighted by atomic mass is 10.4. The van der Waals surface area contributed by atoms with Gasteiger partial charge in [-0.15, -0.1) is 0 Å². The van der Waals surface area contributed by atoms with E-state index in [1.54, 1.807) is 0 Å². The van der Waals surface area contributed by atoms with Crippen LogP contribution in [0.15, 0.2) is 0 Å². The fourth-order valence-electron chi connectivity index (χ4n) is 0.233. The van der Waals surface area contributed by atoms with Gasteiger partial charge in [0.25, 0.3) is 0 Å². The first kappa shape index (κ1) is 10.5. The molecule has 0 radical (unpaired) electrons. The third-order valence-electron chi connectivity index (χ3n) is 0.676. The molecule has 11 heavy (non-hydrogen) atoms. The highest BCUT2D eigenvalue weighted by Gasteiger charge is 2.13. The Morgan fingerprint density at radius 2 is 2.09 bits per heavy atom. The molecule has 0 aromatic heterocycles. The molecule has 0 aromatic carbocycles. The number of phosphoric acid groups is 1. The van der Waals surface area contributed by atoms with Crippen molar-refractivity contribution in [1.29, 1.82) is 0 Å². The van der Waals surface area contributed by atoms with Crippen molar-refractivity contribution in [2.24, 2.45) is 0 Å². The molecule has 0 bridgehead atoms. The normalized spacial score (nSPS) is 14.5. The SMILES string of the molecule is O=C(O)[C@H](O)COP(=O)([O-])[O-]. The van der Waals surface area contributed by atoms with Gasteiger partial charge in [0.2, 0.25) is 0 Å².